The molecule has 2 aromatic rings. The van der Waals surface area contributed by atoms with Gasteiger partial charge in [0.25, 0.3) is 0 Å². The fraction of sp³-hybridized carbons (Fsp3) is 0.400. The lowest BCUT2D eigenvalue weighted by molar-refractivity contribution is -0.137. The topological polar surface area (TPSA) is 36.4 Å². The number of alkyl halides is 3. The summed E-state index contributed by atoms with van der Waals surface area (Å²) in [4.78, 5) is 20.2. The normalized spacial score (nSPS) is 16.0. The number of thioether (sulfide) groups is 1. The quantitative estimate of drug-likeness (QED) is 0.669. The lowest BCUT2D eigenvalue weighted by Crippen LogP contribution is -2.51. The highest BCUT2D eigenvalue weighted by atomic mass is 35.5. The van der Waals surface area contributed by atoms with Gasteiger partial charge in [-0.15, -0.1) is 11.8 Å². The minimum Gasteiger partial charge on any atom is -0.352 e. The fourth-order valence-corrected chi connectivity index (χ4v) is 4.29. The Morgan fingerprint density at radius 1 is 1.21 bits per heavy atom. The van der Waals surface area contributed by atoms with Gasteiger partial charge in [-0.2, -0.15) is 13.2 Å². The van der Waals surface area contributed by atoms with Crippen molar-refractivity contribution in [1.29, 1.82) is 0 Å². The van der Waals surface area contributed by atoms with Crippen molar-refractivity contribution in [1.82, 2.24) is 9.88 Å². The Morgan fingerprint density at radius 3 is 2.45 bits per heavy atom. The summed E-state index contributed by atoms with van der Waals surface area (Å²) in [6.45, 7) is 3.80. The van der Waals surface area contributed by atoms with E-state index in [0.717, 1.165) is 18.0 Å². The number of amides is 1. The van der Waals surface area contributed by atoms with Gasteiger partial charge in [-0.25, -0.2) is 4.98 Å². The summed E-state index contributed by atoms with van der Waals surface area (Å²) in [6.07, 6.45) is -3.69. The van der Waals surface area contributed by atoms with E-state index in [-0.39, 0.29) is 16.2 Å². The fourth-order valence-electron chi connectivity index (χ4n) is 3.08. The first-order chi connectivity index (χ1) is 13.8. The average molecular weight is 444 g/mol. The number of nitrogens with zero attached hydrogens (tertiary/aromatic N) is 3. The number of benzene rings is 1. The smallest absolute Gasteiger partial charge is 0.352 e. The van der Waals surface area contributed by atoms with Crippen LogP contribution in [0.3, 0.4) is 0 Å². The zero-order chi connectivity index (χ0) is 21.0. The second-order valence-electron chi connectivity index (χ2n) is 6.78. The van der Waals surface area contributed by atoms with Gasteiger partial charge in [0.1, 0.15) is 5.82 Å². The van der Waals surface area contributed by atoms with Crippen LogP contribution in [0.2, 0.25) is 5.02 Å². The van der Waals surface area contributed by atoms with E-state index in [0.29, 0.717) is 32.0 Å². The number of hydrogen-bond acceptors (Lipinski definition) is 4. The zero-order valence-electron chi connectivity index (χ0n) is 15.8. The van der Waals surface area contributed by atoms with Gasteiger partial charge in [0.15, 0.2) is 0 Å². The van der Waals surface area contributed by atoms with Crippen LogP contribution in [0.4, 0.5) is 19.0 Å². The Kier molecular flexibility index (Phi) is 6.95. The number of hydrogen-bond donors (Lipinski definition) is 0. The predicted octanol–water partition coefficient (Wildman–Crippen LogP) is 4.72. The molecule has 1 unspecified atom stereocenters. The van der Waals surface area contributed by atoms with Crippen molar-refractivity contribution in [3.05, 3.63) is 58.7 Å². The molecule has 1 aliphatic heterocycles. The van der Waals surface area contributed by atoms with E-state index in [2.05, 4.69) is 4.98 Å². The van der Waals surface area contributed by atoms with Crippen molar-refractivity contribution in [2.24, 2.45) is 0 Å². The number of anilines is 1. The molecule has 0 bridgehead atoms. The molecule has 1 saturated heterocycles. The van der Waals surface area contributed by atoms with Crippen molar-refractivity contribution in [2.75, 3.05) is 31.1 Å². The molecule has 29 heavy (non-hydrogen) atoms. The van der Waals surface area contributed by atoms with Crippen LogP contribution in [-0.2, 0) is 16.7 Å². The van der Waals surface area contributed by atoms with Crippen LogP contribution in [0.15, 0.2) is 42.6 Å². The average Bonchev–Trinajstić information content (AvgIpc) is 2.71. The summed E-state index contributed by atoms with van der Waals surface area (Å²) in [5, 5.41) is -0.207. The molecule has 0 spiro atoms. The minimum atomic E-state index is -4.48. The second-order valence-corrected chi connectivity index (χ2v) is 8.51. The number of piperazine rings is 1. The first-order valence-electron chi connectivity index (χ1n) is 9.17. The van der Waals surface area contributed by atoms with Crippen molar-refractivity contribution in [3.8, 4) is 0 Å². The highest BCUT2D eigenvalue weighted by molar-refractivity contribution is 7.99. The van der Waals surface area contributed by atoms with Crippen molar-refractivity contribution >= 4 is 35.1 Å². The van der Waals surface area contributed by atoms with Gasteiger partial charge in [0.2, 0.25) is 5.91 Å². The molecular formula is C20H21ClF3N3OS. The summed E-state index contributed by atoms with van der Waals surface area (Å²) in [6, 6.07) is 10.9. The molecule has 1 aliphatic rings. The number of carbonyl (C=O) groups is 1. The number of pyridine rings is 1. The van der Waals surface area contributed by atoms with Gasteiger partial charge < -0.3 is 9.80 Å². The van der Waals surface area contributed by atoms with Crippen molar-refractivity contribution in [3.63, 3.8) is 0 Å². The molecule has 0 N–H and O–H groups in total. The molecule has 4 nitrogen and oxygen atoms in total. The first kappa shape index (κ1) is 21.8. The summed E-state index contributed by atoms with van der Waals surface area (Å²) in [5.41, 5.74) is 0.300. The minimum absolute atomic E-state index is 0.0358. The highest BCUT2D eigenvalue weighted by Crippen LogP contribution is 2.33. The SMILES string of the molecule is CC(SCc1ccccc1)C(=O)N1CCN(c2ncc(C(F)(F)F)cc2Cl)CC1. The maximum atomic E-state index is 12.8. The Morgan fingerprint density at radius 2 is 1.86 bits per heavy atom. The Labute approximate surface area is 177 Å². The molecule has 1 aromatic heterocycles. The van der Waals surface area contributed by atoms with Gasteiger partial charge in [-0.3, -0.25) is 4.79 Å². The molecular weight excluding hydrogens is 423 g/mol. The third kappa shape index (κ3) is 5.57. The summed E-state index contributed by atoms with van der Waals surface area (Å²) < 4.78 is 38.3. The van der Waals surface area contributed by atoms with Crippen LogP contribution >= 0.6 is 23.4 Å². The molecule has 1 atom stereocenters. The van der Waals surface area contributed by atoms with Crippen molar-refractivity contribution < 1.29 is 18.0 Å². The monoisotopic (exact) mass is 443 g/mol. The Hall–Kier alpha value is -1.93. The van der Waals surface area contributed by atoms with Crippen LogP contribution in [0.1, 0.15) is 18.1 Å². The summed E-state index contributed by atoms with van der Waals surface area (Å²) >= 11 is 7.62. The molecule has 156 valence electrons. The number of halogens is 4. The van der Waals surface area contributed by atoms with Gasteiger partial charge >= 0.3 is 6.18 Å². The lowest BCUT2D eigenvalue weighted by Gasteiger charge is -2.36. The lowest BCUT2D eigenvalue weighted by atomic mass is 10.2. The van der Waals surface area contributed by atoms with Crippen molar-refractivity contribution in [2.45, 2.75) is 24.1 Å². The molecule has 0 radical (unpaired) electrons. The summed E-state index contributed by atoms with van der Waals surface area (Å²) in [5.74, 6) is 1.15. The van der Waals surface area contributed by atoms with Gasteiger partial charge in [0.05, 0.1) is 15.8 Å². The van der Waals surface area contributed by atoms with Crippen LogP contribution in [-0.4, -0.2) is 47.2 Å². The number of carbonyl (C=O) groups excluding carboxylic acids is 1. The maximum Gasteiger partial charge on any atom is 0.417 e. The van der Waals surface area contributed by atoms with E-state index in [4.69, 9.17) is 11.6 Å². The predicted molar refractivity (Wildman–Crippen MR) is 110 cm³/mol. The zero-order valence-corrected chi connectivity index (χ0v) is 17.4. The van der Waals surface area contributed by atoms with E-state index in [9.17, 15) is 18.0 Å². The molecule has 0 saturated carbocycles. The number of rotatable bonds is 5. The van der Waals surface area contributed by atoms with Crippen LogP contribution < -0.4 is 4.90 Å². The Bertz CT molecular complexity index is 843. The van der Waals surface area contributed by atoms with E-state index < -0.39 is 11.7 Å². The highest BCUT2D eigenvalue weighted by Gasteiger charge is 2.32. The standard InChI is InChI=1S/C20H21ClF3N3OS/c1-14(29-13-15-5-3-2-4-6-15)19(28)27-9-7-26(8-10-27)18-17(21)11-16(12-25-18)20(22,23)24/h2-6,11-12,14H,7-10,13H2,1H3. The molecule has 1 aromatic carbocycles. The van der Waals surface area contributed by atoms with Crippen LogP contribution in [0.5, 0.6) is 0 Å². The molecule has 1 amide bonds. The van der Waals surface area contributed by atoms with Gasteiger partial charge in [-0.05, 0) is 18.6 Å². The molecule has 1 fully saturated rings. The third-order valence-corrected chi connectivity index (χ3v) is 6.21. The van der Waals surface area contributed by atoms with E-state index in [1.165, 1.54) is 5.56 Å². The summed E-state index contributed by atoms with van der Waals surface area (Å²) in [7, 11) is 0. The third-order valence-electron chi connectivity index (χ3n) is 4.73. The second kappa shape index (κ2) is 9.26. The molecule has 2 heterocycles. The largest absolute Gasteiger partial charge is 0.417 e. The molecule has 0 aliphatic carbocycles. The molecule has 9 heteroatoms. The van der Waals surface area contributed by atoms with Crippen LogP contribution in [0.25, 0.3) is 0 Å². The van der Waals surface area contributed by atoms with Crippen LogP contribution in [0, 0.1) is 0 Å². The molecule has 3 rings (SSSR count). The van der Waals surface area contributed by atoms with E-state index in [1.54, 1.807) is 16.7 Å². The first-order valence-corrected chi connectivity index (χ1v) is 10.6. The van der Waals surface area contributed by atoms with Gasteiger partial charge in [0, 0.05) is 38.1 Å². The van der Waals surface area contributed by atoms with E-state index in [1.807, 2.05) is 42.2 Å². The Balaban J connectivity index is 1.54. The maximum absolute atomic E-state index is 12.8. The van der Waals surface area contributed by atoms with E-state index >= 15 is 0 Å². The number of aromatic nitrogens is 1. The van der Waals surface area contributed by atoms with Gasteiger partial charge in [-0.1, -0.05) is 41.9 Å².